The average molecular weight is 282 g/mol. The van der Waals surface area contributed by atoms with Crippen LogP contribution in [0.2, 0.25) is 0 Å². The van der Waals surface area contributed by atoms with Crippen LogP contribution in [-0.4, -0.2) is 13.1 Å². The van der Waals surface area contributed by atoms with Gasteiger partial charge in [-0.3, -0.25) is 0 Å². The zero-order chi connectivity index (χ0) is 15.2. The number of anilines is 1. The van der Waals surface area contributed by atoms with E-state index in [-0.39, 0.29) is 0 Å². The number of rotatable bonds is 6. The largest absolute Gasteiger partial charge is 0.370 e. The van der Waals surface area contributed by atoms with Gasteiger partial charge < -0.3 is 10.2 Å². The van der Waals surface area contributed by atoms with Gasteiger partial charge >= 0.3 is 0 Å². The summed E-state index contributed by atoms with van der Waals surface area (Å²) in [4.78, 5) is 2.29. The summed E-state index contributed by atoms with van der Waals surface area (Å²) in [5.74, 6) is 0. The van der Waals surface area contributed by atoms with E-state index < -0.39 is 0 Å². The zero-order valence-corrected chi connectivity index (χ0v) is 13.6. The zero-order valence-electron chi connectivity index (χ0n) is 13.6. The minimum absolute atomic E-state index is 0.518. The molecular formula is C19H26N2. The van der Waals surface area contributed by atoms with Crippen molar-refractivity contribution in [3.05, 3.63) is 65.2 Å². The van der Waals surface area contributed by atoms with Crippen LogP contribution in [0, 0.1) is 6.92 Å². The molecule has 2 aromatic rings. The first-order valence-electron chi connectivity index (χ1n) is 7.64. The number of nitrogens with one attached hydrogen (secondary N) is 1. The Morgan fingerprint density at radius 1 is 1.05 bits per heavy atom. The summed E-state index contributed by atoms with van der Waals surface area (Å²) in [5, 5.41) is 3.48. The molecule has 0 radical (unpaired) electrons. The molecule has 0 saturated heterocycles. The Hall–Kier alpha value is -1.80. The van der Waals surface area contributed by atoms with Crippen molar-refractivity contribution in [2.45, 2.75) is 39.9 Å². The second-order valence-corrected chi connectivity index (χ2v) is 5.99. The third-order valence-electron chi connectivity index (χ3n) is 3.73. The Morgan fingerprint density at radius 2 is 1.76 bits per heavy atom. The summed E-state index contributed by atoms with van der Waals surface area (Å²) in [6.07, 6.45) is 0. The van der Waals surface area contributed by atoms with Crippen molar-refractivity contribution in [1.29, 1.82) is 0 Å². The van der Waals surface area contributed by atoms with Gasteiger partial charge in [0.05, 0.1) is 0 Å². The van der Waals surface area contributed by atoms with Crippen molar-refractivity contribution in [2.75, 3.05) is 11.9 Å². The molecule has 0 aliphatic rings. The van der Waals surface area contributed by atoms with E-state index in [1.807, 2.05) is 0 Å². The molecule has 0 bridgehead atoms. The summed E-state index contributed by atoms with van der Waals surface area (Å²) in [7, 11) is 2.15. The first kappa shape index (κ1) is 15.6. The summed E-state index contributed by atoms with van der Waals surface area (Å²) < 4.78 is 0. The molecule has 0 spiro atoms. The van der Waals surface area contributed by atoms with Crippen LogP contribution in [0.1, 0.15) is 30.5 Å². The van der Waals surface area contributed by atoms with Crippen molar-refractivity contribution >= 4 is 5.69 Å². The highest BCUT2D eigenvalue weighted by atomic mass is 15.1. The highest BCUT2D eigenvalue weighted by Gasteiger charge is 2.05. The Kier molecular flexibility index (Phi) is 5.40. The Balaban J connectivity index is 2.05. The lowest BCUT2D eigenvalue weighted by molar-refractivity contribution is 0.587. The molecule has 2 aromatic carbocycles. The van der Waals surface area contributed by atoms with E-state index in [2.05, 4.69) is 86.6 Å². The quantitative estimate of drug-likeness (QED) is 0.857. The van der Waals surface area contributed by atoms with Gasteiger partial charge in [-0.25, -0.2) is 0 Å². The Labute approximate surface area is 128 Å². The molecule has 0 fully saturated rings. The number of nitrogens with zero attached hydrogens (tertiary/aromatic N) is 1. The SMILES string of the molecule is Cc1cc(N(C)Cc2ccccc2)ccc1CNC(C)C. The van der Waals surface area contributed by atoms with Crippen molar-refractivity contribution < 1.29 is 0 Å². The van der Waals surface area contributed by atoms with Crippen LogP contribution in [0.3, 0.4) is 0 Å². The van der Waals surface area contributed by atoms with Crippen LogP contribution in [-0.2, 0) is 13.1 Å². The van der Waals surface area contributed by atoms with Gasteiger partial charge in [0.2, 0.25) is 0 Å². The summed E-state index contributed by atoms with van der Waals surface area (Å²) in [6.45, 7) is 8.42. The summed E-state index contributed by atoms with van der Waals surface area (Å²) in [6, 6.07) is 17.8. The smallest absolute Gasteiger partial charge is 0.0426 e. The second kappa shape index (κ2) is 7.28. The van der Waals surface area contributed by atoms with E-state index in [1.54, 1.807) is 0 Å². The molecule has 0 unspecified atom stereocenters. The molecule has 2 rings (SSSR count). The van der Waals surface area contributed by atoms with Gasteiger partial charge in [0, 0.05) is 31.9 Å². The Bertz CT molecular complexity index is 561. The van der Waals surface area contributed by atoms with Crippen LogP contribution in [0.4, 0.5) is 5.69 Å². The molecular weight excluding hydrogens is 256 g/mol. The minimum atomic E-state index is 0.518. The summed E-state index contributed by atoms with van der Waals surface area (Å²) >= 11 is 0. The normalized spacial score (nSPS) is 10.9. The lowest BCUT2D eigenvalue weighted by atomic mass is 10.1. The van der Waals surface area contributed by atoms with Crippen LogP contribution < -0.4 is 10.2 Å². The molecule has 21 heavy (non-hydrogen) atoms. The van der Waals surface area contributed by atoms with Gasteiger partial charge in [0.1, 0.15) is 0 Å². The molecule has 2 heteroatoms. The topological polar surface area (TPSA) is 15.3 Å². The second-order valence-electron chi connectivity index (χ2n) is 5.99. The van der Waals surface area contributed by atoms with Gasteiger partial charge in [0.15, 0.2) is 0 Å². The standard InChI is InChI=1S/C19H26N2/c1-15(2)20-13-18-10-11-19(12-16(18)3)21(4)14-17-8-6-5-7-9-17/h5-12,15,20H,13-14H2,1-4H3. The molecule has 0 amide bonds. The average Bonchev–Trinajstić information content (AvgIpc) is 2.46. The predicted molar refractivity (Wildman–Crippen MR) is 91.7 cm³/mol. The van der Waals surface area contributed by atoms with Crippen LogP contribution in [0.5, 0.6) is 0 Å². The maximum Gasteiger partial charge on any atom is 0.0426 e. The fourth-order valence-electron chi connectivity index (χ4n) is 2.38. The maximum absolute atomic E-state index is 3.48. The van der Waals surface area contributed by atoms with Gasteiger partial charge in [-0.2, -0.15) is 0 Å². The predicted octanol–water partition coefficient (Wildman–Crippen LogP) is 4.13. The van der Waals surface area contributed by atoms with Gasteiger partial charge in [0.25, 0.3) is 0 Å². The molecule has 0 saturated carbocycles. The van der Waals surface area contributed by atoms with Crippen molar-refractivity contribution in [3.8, 4) is 0 Å². The van der Waals surface area contributed by atoms with E-state index >= 15 is 0 Å². The minimum Gasteiger partial charge on any atom is -0.370 e. The summed E-state index contributed by atoms with van der Waals surface area (Å²) in [5.41, 5.74) is 5.33. The van der Waals surface area contributed by atoms with Crippen LogP contribution >= 0.6 is 0 Å². The van der Waals surface area contributed by atoms with Crippen molar-refractivity contribution in [2.24, 2.45) is 0 Å². The van der Waals surface area contributed by atoms with E-state index in [1.165, 1.54) is 22.4 Å². The third kappa shape index (κ3) is 4.61. The monoisotopic (exact) mass is 282 g/mol. The van der Waals surface area contributed by atoms with E-state index in [0.29, 0.717) is 6.04 Å². The lowest BCUT2D eigenvalue weighted by Gasteiger charge is -2.21. The fraction of sp³-hybridized carbons (Fsp3) is 0.368. The van der Waals surface area contributed by atoms with E-state index in [4.69, 9.17) is 0 Å². The fourth-order valence-corrected chi connectivity index (χ4v) is 2.38. The van der Waals surface area contributed by atoms with Gasteiger partial charge in [-0.1, -0.05) is 50.2 Å². The first-order valence-corrected chi connectivity index (χ1v) is 7.64. The Morgan fingerprint density at radius 3 is 2.38 bits per heavy atom. The molecule has 112 valence electrons. The highest BCUT2D eigenvalue weighted by Crippen LogP contribution is 2.20. The molecule has 0 atom stereocenters. The van der Waals surface area contributed by atoms with E-state index in [9.17, 15) is 0 Å². The van der Waals surface area contributed by atoms with Gasteiger partial charge in [-0.05, 0) is 35.7 Å². The molecule has 0 heterocycles. The van der Waals surface area contributed by atoms with Crippen LogP contribution in [0.15, 0.2) is 48.5 Å². The van der Waals surface area contributed by atoms with Crippen molar-refractivity contribution in [3.63, 3.8) is 0 Å². The molecule has 1 N–H and O–H groups in total. The number of benzene rings is 2. The number of aryl methyl sites for hydroxylation is 1. The molecule has 0 aliphatic heterocycles. The van der Waals surface area contributed by atoms with Crippen molar-refractivity contribution in [1.82, 2.24) is 5.32 Å². The van der Waals surface area contributed by atoms with Gasteiger partial charge in [-0.15, -0.1) is 0 Å². The maximum atomic E-state index is 3.48. The number of hydrogen-bond acceptors (Lipinski definition) is 2. The highest BCUT2D eigenvalue weighted by molar-refractivity contribution is 5.50. The molecule has 2 nitrogen and oxygen atoms in total. The van der Waals surface area contributed by atoms with E-state index in [0.717, 1.165) is 13.1 Å². The lowest BCUT2D eigenvalue weighted by Crippen LogP contribution is -2.22. The molecule has 0 aromatic heterocycles. The third-order valence-corrected chi connectivity index (χ3v) is 3.73. The molecule has 0 aliphatic carbocycles. The van der Waals surface area contributed by atoms with Crippen LogP contribution in [0.25, 0.3) is 0 Å². The number of hydrogen-bond donors (Lipinski definition) is 1. The first-order chi connectivity index (χ1) is 10.1.